The average Bonchev–Trinajstić information content (AvgIpc) is 3.41. The third-order valence-electron chi connectivity index (χ3n) is 4.88. The molecule has 1 aromatic carbocycles. The zero-order valence-corrected chi connectivity index (χ0v) is 17.9. The largest absolute Gasteiger partial charge is 0.321 e. The van der Waals surface area contributed by atoms with Gasteiger partial charge >= 0.3 is 0 Å². The topological polar surface area (TPSA) is 59.1 Å². The van der Waals surface area contributed by atoms with E-state index in [1.165, 1.54) is 30.6 Å². The lowest BCUT2D eigenvalue weighted by molar-refractivity contribution is 0.103. The van der Waals surface area contributed by atoms with Crippen LogP contribution in [0.1, 0.15) is 47.3 Å². The summed E-state index contributed by atoms with van der Waals surface area (Å²) in [6.45, 7) is 0. The van der Waals surface area contributed by atoms with Crippen LogP contribution in [-0.4, -0.2) is 20.3 Å². The summed E-state index contributed by atoms with van der Waals surface area (Å²) in [5.74, 6) is 0.392. The predicted octanol–water partition coefficient (Wildman–Crippen LogP) is 5.71. The smallest absolute Gasteiger partial charge is 0.267 e. The molecule has 1 atom stereocenters. The number of amides is 1. The lowest BCUT2D eigenvalue weighted by atomic mass is 10.0. The van der Waals surface area contributed by atoms with Crippen LogP contribution in [0.2, 0.25) is 0 Å². The van der Waals surface area contributed by atoms with Gasteiger partial charge in [0.25, 0.3) is 5.91 Å². The van der Waals surface area contributed by atoms with Gasteiger partial charge in [0.15, 0.2) is 0 Å². The number of rotatable bonds is 6. The van der Waals surface area contributed by atoms with E-state index in [1.807, 2.05) is 41.8 Å². The molecular weight excluding hydrogens is 408 g/mol. The lowest BCUT2D eigenvalue weighted by Gasteiger charge is -2.21. The Labute approximate surface area is 175 Å². The van der Waals surface area contributed by atoms with Gasteiger partial charge < -0.3 is 5.32 Å². The first-order valence-electron chi connectivity index (χ1n) is 9.46. The van der Waals surface area contributed by atoms with Crippen LogP contribution in [0.25, 0.3) is 9.88 Å². The van der Waals surface area contributed by atoms with Gasteiger partial charge in [-0.15, -0.1) is 22.7 Å². The van der Waals surface area contributed by atoms with E-state index in [0.29, 0.717) is 15.9 Å². The second kappa shape index (κ2) is 9.11. The molecule has 28 heavy (non-hydrogen) atoms. The van der Waals surface area contributed by atoms with Gasteiger partial charge in [-0.3, -0.25) is 9.00 Å². The van der Waals surface area contributed by atoms with Crippen LogP contribution in [0, 0.1) is 0 Å². The van der Waals surface area contributed by atoms with Crippen molar-refractivity contribution in [3.05, 3.63) is 58.4 Å². The molecule has 0 aliphatic heterocycles. The second-order valence-corrected chi connectivity index (χ2v) is 10.6. The van der Waals surface area contributed by atoms with Crippen LogP contribution in [0.3, 0.4) is 0 Å². The van der Waals surface area contributed by atoms with E-state index in [9.17, 15) is 9.00 Å². The Hall–Kier alpha value is -1.83. The number of carbonyl (C=O) groups is 1. The lowest BCUT2D eigenvalue weighted by Crippen LogP contribution is -2.19. The Morgan fingerprint density at radius 1 is 1.18 bits per heavy atom. The van der Waals surface area contributed by atoms with Gasteiger partial charge in [0.2, 0.25) is 0 Å². The Bertz CT molecular complexity index is 960. The number of nitrogens with zero attached hydrogens (tertiary/aromatic N) is 1. The molecule has 3 aromatic rings. The van der Waals surface area contributed by atoms with Crippen molar-refractivity contribution in [2.24, 2.45) is 0 Å². The van der Waals surface area contributed by atoms with Crippen molar-refractivity contribution in [2.45, 2.75) is 43.1 Å². The highest BCUT2D eigenvalue weighted by molar-refractivity contribution is 7.84. The summed E-state index contributed by atoms with van der Waals surface area (Å²) >= 11 is 3.00. The maximum Gasteiger partial charge on any atom is 0.267 e. The molecule has 1 amide bonds. The number of hydrogen-bond acceptors (Lipinski definition) is 5. The Kier molecular flexibility index (Phi) is 6.34. The number of carbonyl (C=O) groups excluding carboxylic acids is 1. The first-order valence-corrected chi connectivity index (χ1v) is 12.5. The van der Waals surface area contributed by atoms with E-state index in [2.05, 4.69) is 10.3 Å². The molecule has 1 unspecified atom stereocenters. The minimum atomic E-state index is -0.848. The van der Waals surface area contributed by atoms with Gasteiger partial charge in [-0.25, -0.2) is 4.98 Å². The van der Waals surface area contributed by atoms with Gasteiger partial charge in [0, 0.05) is 27.5 Å². The molecule has 7 heteroatoms. The molecule has 1 fully saturated rings. The van der Waals surface area contributed by atoms with Crippen molar-refractivity contribution in [1.29, 1.82) is 0 Å². The minimum absolute atomic E-state index is 0.161. The van der Waals surface area contributed by atoms with E-state index in [-0.39, 0.29) is 5.91 Å². The zero-order chi connectivity index (χ0) is 19.3. The van der Waals surface area contributed by atoms with E-state index in [4.69, 9.17) is 0 Å². The van der Waals surface area contributed by atoms with Crippen LogP contribution >= 0.6 is 22.7 Å². The summed E-state index contributed by atoms with van der Waals surface area (Å²) in [4.78, 5) is 18.6. The molecule has 1 N–H and O–H groups in total. The Morgan fingerprint density at radius 2 is 2.04 bits per heavy atom. The third-order valence-corrected chi connectivity index (χ3v) is 8.75. The number of aromatic nitrogens is 1. The van der Waals surface area contributed by atoms with Gasteiger partial charge in [-0.05, 0) is 42.0 Å². The molecular formula is C21H22N2O2S3. The third kappa shape index (κ3) is 4.77. The Morgan fingerprint density at radius 3 is 2.82 bits per heavy atom. The standard InChI is InChI=1S/C21H22N2O2S3/c24-20(19-13-22-21(27-19)18-10-5-11-26-18)23-16-7-4-6-15(12-16)14-28(25)17-8-2-1-3-9-17/h4-7,10-13,17H,1-3,8-9,14H2,(H,23,24). The van der Waals surface area contributed by atoms with Gasteiger partial charge in [-0.1, -0.05) is 37.5 Å². The summed E-state index contributed by atoms with van der Waals surface area (Å²) in [5.41, 5.74) is 1.74. The molecule has 0 radical (unpaired) electrons. The van der Waals surface area contributed by atoms with E-state index in [1.54, 1.807) is 17.5 Å². The zero-order valence-electron chi connectivity index (χ0n) is 15.4. The van der Waals surface area contributed by atoms with Gasteiger partial charge in [-0.2, -0.15) is 0 Å². The van der Waals surface area contributed by atoms with Crippen molar-refractivity contribution < 1.29 is 9.00 Å². The molecule has 146 valence electrons. The highest BCUT2D eigenvalue weighted by Gasteiger charge is 2.20. The highest BCUT2D eigenvalue weighted by atomic mass is 32.2. The summed E-state index contributed by atoms with van der Waals surface area (Å²) in [6.07, 6.45) is 7.41. The van der Waals surface area contributed by atoms with Crippen LogP contribution in [-0.2, 0) is 16.6 Å². The van der Waals surface area contributed by atoms with E-state index < -0.39 is 10.8 Å². The normalized spacial score (nSPS) is 16.0. The first-order chi connectivity index (χ1) is 13.7. The first kappa shape index (κ1) is 19.5. The number of thiazole rings is 1. The molecule has 2 heterocycles. The molecule has 1 saturated carbocycles. The SMILES string of the molecule is O=C(Nc1cccc(CS(=O)C2CCCCC2)c1)c1cnc(-c2cccs2)s1. The van der Waals surface area contributed by atoms with Crippen LogP contribution < -0.4 is 5.32 Å². The number of hydrogen-bond donors (Lipinski definition) is 1. The summed E-state index contributed by atoms with van der Waals surface area (Å²) in [6, 6.07) is 11.7. The maximum atomic E-state index is 12.7. The van der Waals surface area contributed by atoms with E-state index in [0.717, 1.165) is 34.0 Å². The minimum Gasteiger partial charge on any atom is -0.321 e. The number of thiophene rings is 1. The highest BCUT2D eigenvalue weighted by Crippen LogP contribution is 2.29. The summed E-state index contributed by atoms with van der Waals surface area (Å²) in [5, 5.41) is 6.12. The number of anilines is 1. The molecule has 1 aliphatic carbocycles. The van der Waals surface area contributed by atoms with Crippen molar-refractivity contribution in [1.82, 2.24) is 4.98 Å². The predicted molar refractivity (Wildman–Crippen MR) is 119 cm³/mol. The average molecular weight is 431 g/mol. The number of nitrogens with one attached hydrogen (secondary N) is 1. The van der Waals surface area contributed by atoms with Crippen molar-refractivity contribution in [2.75, 3.05) is 5.32 Å². The molecule has 0 saturated heterocycles. The van der Waals surface area contributed by atoms with Crippen LogP contribution in [0.4, 0.5) is 5.69 Å². The molecule has 0 bridgehead atoms. The molecule has 4 rings (SSSR count). The fourth-order valence-electron chi connectivity index (χ4n) is 3.43. The molecule has 1 aliphatic rings. The molecule has 0 spiro atoms. The van der Waals surface area contributed by atoms with Gasteiger partial charge in [0.05, 0.1) is 11.1 Å². The molecule has 4 nitrogen and oxygen atoms in total. The van der Waals surface area contributed by atoms with Crippen LogP contribution in [0.5, 0.6) is 0 Å². The Balaban J connectivity index is 1.40. The molecule has 2 aromatic heterocycles. The number of benzene rings is 1. The van der Waals surface area contributed by atoms with Crippen molar-refractivity contribution in [3.63, 3.8) is 0 Å². The fourth-order valence-corrected chi connectivity index (χ4v) is 6.65. The summed E-state index contributed by atoms with van der Waals surface area (Å²) < 4.78 is 12.7. The summed E-state index contributed by atoms with van der Waals surface area (Å²) in [7, 11) is -0.848. The maximum absolute atomic E-state index is 12.7. The van der Waals surface area contributed by atoms with E-state index >= 15 is 0 Å². The van der Waals surface area contributed by atoms with Crippen LogP contribution in [0.15, 0.2) is 48.0 Å². The van der Waals surface area contributed by atoms with Gasteiger partial charge in [0.1, 0.15) is 9.88 Å². The fraction of sp³-hybridized carbons (Fsp3) is 0.333. The van der Waals surface area contributed by atoms with Crippen molar-refractivity contribution in [3.8, 4) is 9.88 Å². The van der Waals surface area contributed by atoms with Crippen molar-refractivity contribution >= 4 is 45.1 Å². The second-order valence-electron chi connectivity index (χ2n) is 6.95. The quantitative estimate of drug-likeness (QED) is 0.545. The monoisotopic (exact) mass is 430 g/mol.